The van der Waals surface area contributed by atoms with Gasteiger partial charge in [-0.25, -0.2) is 4.98 Å². The maximum atomic E-state index is 12.6. The van der Waals surface area contributed by atoms with Crippen molar-refractivity contribution in [1.29, 1.82) is 0 Å². The Morgan fingerprint density at radius 1 is 1.37 bits per heavy atom. The van der Waals surface area contributed by atoms with Gasteiger partial charge < -0.3 is 11.1 Å². The van der Waals surface area contributed by atoms with Crippen LogP contribution in [0.2, 0.25) is 0 Å². The van der Waals surface area contributed by atoms with Gasteiger partial charge >= 0.3 is 6.18 Å². The third-order valence-electron chi connectivity index (χ3n) is 3.77. The molecule has 0 radical (unpaired) electrons. The lowest BCUT2D eigenvalue weighted by molar-refractivity contribution is -0.141. The summed E-state index contributed by atoms with van der Waals surface area (Å²) in [5, 5.41) is 2.95. The van der Waals surface area contributed by atoms with Gasteiger partial charge in [0.05, 0.1) is 0 Å². The van der Waals surface area contributed by atoms with E-state index in [1.54, 1.807) is 0 Å². The molecule has 0 amide bonds. The Bertz CT molecular complexity index is 467. The lowest BCUT2D eigenvalue weighted by Gasteiger charge is -2.20. The average molecular weight is 274 g/mol. The van der Waals surface area contributed by atoms with Crippen LogP contribution < -0.4 is 11.1 Å². The van der Waals surface area contributed by atoms with E-state index in [2.05, 4.69) is 29.1 Å². The Balaban J connectivity index is 2.11. The minimum absolute atomic E-state index is 0.131. The summed E-state index contributed by atoms with van der Waals surface area (Å²) >= 11 is 0. The van der Waals surface area contributed by atoms with Crippen molar-refractivity contribution in [2.45, 2.75) is 32.9 Å². The highest BCUT2D eigenvalue weighted by molar-refractivity contribution is 5.41. The number of nitrogens with two attached hydrogens (primary N) is 1. The number of anilines is 2. The fourth-order valence-corrected chi connectivity index (χ4v) is 2.09. The van der Waals surface area contributed by atoms with Crippen LogP contribution in [0, 0.1) is 11.3 Å². The molecule has 1 aliphatic carbocycles. The second-order valence-electron chi connectivity index (χ2n) is 5.37. The van der Waals surface area contributed by atoms with Crippen molar-refractivity contribution in [3.05, 3.63) is 11.8 Å². The zero-order valence-electron chi connectivity index (χ0n) is 10.9. The fraction of sp³-hybridized carbons (Fsp3) is 0.667. The Labute approximate surface area is 109 Å². The summed E-state index contributed by atoms with van der Waals surface area (Å²) in [5.74, 6) is 0.250. The molecule has 0 spiro atoms. The van der Waals surface area contributed by atoms with E-state index in [0.29, 0.717) is 12.5 Å². The molecule has 0 unspecified atom stereocenters. The summed E-state index contributed by atoms with van der Waals surface area (Å²) < 4.78 is 37.8. The topological polar surface area (TPSA) is 63.8 Å². The summed E-state index contributed by atoms with van der Waals surface area (Å²) in [6.45, 7) is 4.84. The van der Waals surface area contributed by atoms with E-state index < -0.39 is 11.9 Å². The average Bonchev–Trinajstić information content (AvgIpc) is 3.05. The number of nitrogens with one attached hydrogen (secondary N) is 1. The number of alkyl halides is 3. The molecule has 4 nitrogen and oxygen atoms in total. The Morgan fingerprint density at radius 2 is 2.00 bits per heavy atom. The maximum Gasteiger partial charge on any atom is 0.433 e. The zero-order chi connectivity index (χ0) is 14.3. The van der Waals surface area contributed by atoms with Crippen LogP contribution in [0.5, 0.6) is 0 Å². The fourth-order valence-electron chi connectivity index (χ4n) is 2.09. The highest BCUT2D eigenvalue weighted by atomic mass is 19.4. The number of aromatic nitrogens is 2. The highest BCUT2D eigenvalue weighted by Crippen LogP contribution is 2.51. The van der Waals surface area contributed by atoms with Gasteiger partial charge in [0.25, 0.3) is 0 Å². The van der Waals surface area contributed by atoms with E-state index in [4.69, 9.17) is 5.73 Å². The summed E-state index contributed by atoms with van der Waals surface area (Å²) in [5.41, 5.74) is 4.47. The standard InChI is InChI=1S/C12H17F3N4/c1-7(2)11(3-4-11)6-17-9-5-8(12(13,14)15)18-10(16)19-9/h5,7H,3-4,6H2,1-2H3,(H3,16,17,18,19). The smallest absolute Gasteiger partial charge is 0.369 e. The monoisotopic (exact) mass is 274 g/mol. The molecule has 1 aromatic heterocycles. The number of hydrogen-bond acceptors (Lipinski definition) is 4. The van der Waals surface area contributed by atoms with Gasteiger partial charge in [0.1, 0.15) is 5.82 Å². The Morgan fingerprint density at radius 3 is 2.47 bits per heavy atom. The van der Waals surface area contributed by atoms with Gasteiger partial charge in [0.15, 0.2) is 5.69 Å². The Kier molecular flexibility index (Phi) is 3.32. The van der Waals surface area contributed by atoms with Crippen molar-refractivity contribution in [3.63, 3.8) is 0 Å². The molecule has 0 bridgehead atoms. The third kappa shape index (κ3) is 3.08. The van der Waals surface area contributed by atoms with E-state index in [1.165, 1.54) is 0 Å². The van der Waals surface area contributed by atoms with Gasteiger partial charge in [-0.3, -0.25) is 0 Å². The first-order chi connectivity index (χ1) is 8.73. The second-order valence-corrected chi connectivity index (χ2v) is 5.37. The van der Waals surface area contributed by atoms with Gasteiger partial charge in [0.2, 0.25) is 5.95 Å². The Hall–Kier alpha value is -1.53. The van der Waals surface area contributed by atoms with E-state index in [9.17, 15) is 13.2 Å². The third-order valence-corrected chi connectivity index (χ3v) is 3.77. The first-order valence-corrected chi connectivity index (χ1v) is 6.18. The van der Waals surface area contributed by atoms with Crippen LogP contribution in [-0.4, -0.2) is 16.5 Å². The number of nitrogens with zero attached hydrogens (tertiary/aromatic N) is 2. The molecule has 1 aromatic rings. The number of halogens is 3. The number of rotatable bonds is 4. The lowest BCUT2D eigenvalue weighted by Crippen LogP contribution is -2.22. The highest BCUT2D eigenvalue weighted by Gasteiger charge is 2.45. The summed E-state index contributed by atoms with van der Waals surface area (Å²) in [7, 11) is 0. The molecule has 0 aromatic carbocycles. The summed E-state index contributed by atoms with van der Waals surface area (Å²) in [4.78, 5) is 7.00. The maximum absolute atomic E-state index is 12.6. The molecule has 3 N–H and O–H groups in total. The first-order valence-electron chi connectivity index (χ1n) is 6.18. The van der Waals surface area contributed by atoms with Gasteiger partial charge in [-0.1, -0.05) is 13.8 Å². The van der Waals surface area contributed by atoms with Crippen molar-refractivity contribution in [3.8, 4) is 0 Å². The van der Waals surface area contributed by atoms with Gasteiger partial charge in [-0.15, -0.1) is 0 Å². The van der Waals surface area contributed by atoms with E-state index >= 15 is 0 Å². The van der Waals surface area contributed by atoms with E-state index in [-0.39, 0.29) is 17.2 Å². The normalized spacial score (nSPS) is 17.6. The van der Waals surface area contributed by atoms with Crippen LogP contribution in [0.4, 0.5) is 24.9 Å². The predicted octanol–water partition coefficient (Wildman–Crippen LogP) is 2.93. The molecular formula is C12H17F3N4. The number of nitrogen functional groups attached to an aromatic ring is 1. The molecule has 1 aliphatic rings. The quantitative estimate of drug-likeness (QED) is 0.886. The predicted molar refractivity (Wildman–Crippen MR) is 66.4 cm³/mol. The molecule has 1 heterocycles. The minimum atomic E-state index is -4.51. The zero-order valence-corrected chi connectivity index (χ0v) is 10.9. The number of hydrogen-bond donors (Lipinski definition) is 2. The minimum Gasteiger partial charge on any atom is -0.369 e. The molecule has 106 valence electrons. The second kappa shape index (κ2) is 4.54. The largest absolute Gasteiger partial charge is 0.433 e. The van der Waals surface area contributed by atoms with Gasteiger partial charge in [-0.05, 0) is 24.2 Å². The van der Waals surface area contributed by atoms with Crippen LogP contribution >= 0.6 is 0 Å². The van der Waals surface area contributed by atoms with E-state index in [0.717, 1.165) is 18.9 Å². The SMILES string of the molecule is CC(C)C1(CNc2cc(C(F)(F)F)nc(N)n2)CC1. The van der Waals surface area contributed by atoms with Crippen LogP contribution in [0.3, 0.4) is 0 Å². The van der Waals surface area contributed by atoms with E-state index in [1.807, 2.05) is 0 Å². The van der Waals surface area contributed by atoms with Crippen LogP contribution in [0.1, 0.15) is 32.4 Å². The lowest BCUT2D eigenvalue weighted by atomic mass is 9.92. The van der Waals surface area contributed by atoms with Crippen LogP contribution in [0.15, 0.2) is 6.07 Å². The first kappa shape index (κ1) is 13.9. The summed E-state index contributed by atoms with van der Waals surface area (Å²) in [6.07, 6.45) is -2.34. The molecule has 0 saturated heterocycles. The van der Waals surface area contributed by atoms with Crippen LogP contribution in [0.25, 0.3) is 0 Å². The van der Waals surface area contributed by atoms with Crippen LogP contribution in [-0.2, 0) is 6.18 Å². The van der Waals surface area contributed by atoms with Crippen molar-refractivity contribution < 1.29 is 13.2 Å². The molecule has 2 rings (SSSR count). The van der Waals surface area contributed by atoms with Gasteiger partial charge in [0, 0.05) is 12.6 Å². The van der Waals surface area contributed by atoms with Crippen molar-refractivity contribution in [1.82, 2.24) is 9.97 Å². The molecule has 1 fully saturated rings. The molecule has 1 saturated carbocycles. The summed E-state index contributed by atoms with van der Waals surface area (Å²) in [6, 6.07) is 0.896. The molecule has 19 heavy (non-hydrogen) atoms. The molecule has 0 aliphatic heterocycles. The van der Waals surface area contributed by atoms with Crippen molar-refractivity contribution >= 4 is 11.8 Å². The van der Waals surface area contributed by atoms with Crippen molar-refractivity contribution in [2.24, 2.45) is 11.3 Å². The van der Waals surface area contributed by atoms with Gasteiger partial charge in [-0.2, -0.15) is 18.2 Å². The molecule has 7 heteroatoms. The molecule has 0 atom stereocenters. The van der Waals surface area contributed by atoms with Crippen molar-refractivity contribution in [2.75, 3.05) is 17.6 Å². The molecular weight excluding hydrogens is 257 g/mol.